The number of furan rings is 1. The Balaban J connectivity index is 0.000000291. The van der Waals surface area contributed by atoms with Gasteiger partial charge in [0, 0.05) is 0 Å². The molecule has 0 radical (unpaired) electrons. The molecule has 0 aliphatic carbocycles. The number of hydrogen-bond donors (Lipinski definition) is 0. The van der Waals surface area contributed by atoms with Crippen LogP contribution in [-0.2, 0) is 41.9 Å². The second-order valence-corrected chi connectivity index (χ2v) is 5.79. The molecule has 0 saturated carbocycles. The summed E-state index contributed by atoms with van der Waals surface area (Å²) in [6.07, 6.45) is 1.48. The fourth-order valence-electron chi connectivity index (χ4n) is 1.72. The van der Waals surface area contributed by atoms with Crippen LogP contribution in [0.1, 0.15) is 25.2 Å². The molecule has 0 unspecified atom stereocenters. The number of hydrogen-bond acceptors (Lipinski definition) is 7. The van der Waals surface area contributed by atoms with Crippen molar-refractivity contribution in [1.29, 1.82) is 0 Å². The molecule has 2 rings (SSSR count). The van der Waals surface area contributed by atoms with Crippen molar-refractivity contribution in [2.24, 2.45) is 0 Å². The van der Waals surface area contributed by atoms with Crippen molar-refractivity contribution in [3.8, 4) is 0 Å². The fraction of sp³-hybridized carbons (Fsp3) is 0.182. The molecule has 2 aromatic rings. The molecule has 1 heterocycles. The second-order valence-electron chi connectivity index (χ2n) is 5.79. The molecule has 1 aromatic carbocycles. The van der Waals surface area contributed by atoms with E-state index >= 15 is 0 Å². The van der Waals surface area contributed by atoms with Crippen molar-refractivity contribution in [1.82, 2.24) is 0 Å². The van der Waals surface area contributed by atoms with Crippen molar-refractivity contribution in [2.45, 2.75) is 27.1 Å². The molecule has 1 aromatic heterocycles. The lowest BCUT2D eigenvalue weighted by molar-refractivity contribution is -0.143. The van der Waals surface area contributed by atoms with Crippen LogP contribution in [0.3, 0.4) is 0 Å². The summed E-state index contributed by atoms with van der Waals surface area (Å²) in [5.74, 6) is -1.61. The molecule has 0 N–H and O–H groups in total. The van der Waals surface area contributed by atoms with Gasteiger partial charge in [0.1, 0.15) is 19.0 Å². The van der Waals surface area contributed by atoms with E-state index in [0.717, 1.165) is 5.56 Å². The molecular formula is C22H22O7. The van der Waals surface area contributed by atoms with E-state index in [1.165, 1.54) is 20.1 Å². The zero-order valence-corrected chi connectivity index (χ0v) is 16.3. The predicted molar refractivity (Wildman–Crippen MR) is 104 cm³/mol. The largest absolute Gasteiger partial charge is 0.466 e. The Morgan fingerprint density at radius 3 is 1.76 bits per heavy atom. The van der Waals surface area contributed by atoms with Gasteiger partial charge in [0.2, 0.25) is 0 Å². The van der Waals surface area contributed by atoms with Crippen LogP contribution in [0, 0.1) is 0 Å². The van der Waals surface area contributed by atoms with Crippen LogP contribution >= 0.6 is 0 Å². The van der Waals surface area contributed by atoms with Crippen molar-refractivity contribution in [3.05, 3.63) is 84.4 Å². The van der Waals surface area contributed by atoms with Crippen molar-refractivity contribution < 1.29 is 33.1 Å². The summed E-state index contributed by atoms with van der Waals surface area (Å²) >= 11 is 0. The lowest BCUT2D eigenvalue weighted by Gasteiger charge is -2.04. The number of esters is 2. The number of Topliss-reactive ketones (excluding diaryl/α,β-unsaturated/α-hetero) is 2. The van der Waals surface area contributed by atoms with Crippen LogP contribution in [0.15, 0.2) is 77.4 Å². The third-order valence-electron chi connectivity index (χ3n) is 3.48. The molecule has 0 aliphatic rings. The second kappa shape index (κ2) is 11.9. The molecule has 0 amide bonds. The highest BCUT2D eigenvalue weighted by molar-refractivity contribution is 6.16. The average molecular weight is 398 g/mol. The van der Waals surface area contributed by atoms with Crippen molar-refractivity contribution >= 4 is 23.5 Å². The van der Waals surface area contributed by atoms with Gasteiger partial charge >= 0.3 is 11.9 Å². The normalized spacial score (nSPS) is 9.45. The van der Waals surface area contributed by atoms with Crippen LogP contribution in [-0.4, -0.2) is 23.5 Å². The Morgan fingerprint density at radius 1 is 0.793 bits per heavy atom. The maximum absolute atomic E-state index is 11.2. The molecule has 152 valence electrons. The van der Waals surface area contributed by atoms with E-state index in [2.05, 4.69) is 13.2 Å². The van der Waals surface area contributed by atoms with E-state index in [0.29, 0.717) is 5.76 Å². The monoisotopic (exact) mass is 398 g/mol. The van der Waals surface area contributed by atoms with Crippen LogP contribution in [0.25, 0.3) is 0 Å². The lowest BCUT2D eigenvalue weighted by atomic mass is 10.2. The van der Waals surface area contributed by atoms with Gasteiger partial charge in [-0.05, 0) is 31.5 Å². The standard InChI is InChI=1S/C12H12O3.C10H10O4/c1-9(10(2)13)12(14)15-8-11-6-4-3-5-7-11;1-7(8(2)11)10(12)14-6-9-4-3-5-13-9/h3-7H,1,8H2,2H3;3-5H,1,6H2,2H3. The molecule has 7 heteroatoms. The summed E-state index contributed by atoms with van der Waals surface area (Å²) in [7, 11) is 0. The van der Waals surface area contributed by atoms with Gasteiger partial charge in [-0.2, -0.15) is 0 Å². The Bertz CT molecular complexity index is 877. The highest BCUT2D eigenvalue weighted by Crippen LogP contribution is 2.05. The Labute approximate surface area is 168 Å². The summed E-state index contributed by atoms with van der Waals surface area (Å²) in [5, 5.41) is 0. The number of rotatable bonds is 8. The first-order valence-corrected chi connectivity index (χ1v) is 8.52. The summed E-state index contributed by atoms with van der Waals surface area (Å²) in [5.41, 5.74) is 0.602. The van der Waals surface area contributed by atoms with Gasteiger partial charge in [-0.1, -0.05) is 43.5 Å². The van der Waals surface area contributed by atoms with Gasteiger partial charge in [-0.25, -0.2) is 9.59 Å². The van der Waals surface area contributed by atoms with Crippen molar-refractivity contribution in [3.63, 3.8) is 0 Å². The zero-order chi connectivity index (χ0) is 21.8. The van der Waals surface area contributed by atoms with Crippen molar-refractivity contribution in [2.75, 3.05) is 0 Å². The minimum atomic E-state index is -0.714. The van der Waals surface area contributed by atoms with Crippen LogP contribution in [0.5, 0.6) is 0 Å². The highest BCUT2D eigenvalue weighted by atomic mass is 16.5. The van der Waals surface area contributed by atoms with E-state index in [1.807, 2.05) is 30.3 Å². The van der Waals surface area contributed by atoms with Crippen LogP contribution < -0.4 is 0 Å². The first kappa shape index (κ1) is 23.3. The third-order valence-corrected chi connectivity index (χ3v) is 3.48. The van der Waals surface area contributed by atoms with E-state index in [-0.39, 0.29) is 30.1 Å². The molecule has 7 nitrogen and oxygen atoms in total. The molecule has 0 saturated heterocycles. The Morgan fingerprint density at radius 2 is 1.31 bits per heavy atom. The minimum absolute atomic E-state index is 0.0120. The first-order valence-electron chi connectivity index (χ1n) is 8.52. The summed E-state index contributed by atoms with van der Waals surface area (Å²) in [4.78, 5) is 43.8. The van der Waals surface area contributed by atoms with Gasteiger partial charge in [0.05, 0.1) is 17.4 Å². The predicted octanol–water partition coefficient (Wildman–Crippen LogP) is 3.34. The van der Waals surface area contributed by atoms with Gasteiger partial charge in [-0.15, -0.1) is 0 Å². The first-order chi connectivity index (χ1) is 13.7. The topological polar surface area (TPSA) is 99.9 Å². The molecular weight excluding hydrogens is 376 g/mol. The van der Waals surface area contributed by atoms with Gasteiger partial charge in [-0.3, -0.25) is 9.59 Å². The van der Waals surface area contributed by atoms with E-state index in [9.17, 15) is 19.2 Å². The maximum atomic E-state index is 11.2. The average Bonchev–Trinajstić information content (AvgIpc) is 3.23. The molecule has 0 fully saturated rings. The molecule has 29 heavy (non-hydrogen) atoms. The summed E-state index contributed by atoms with van der Waals surface area (Å²) in [6, 6.07) is 12.6. The lowest BCUT2D eigenvalue weighted by Crippen LogP contribution is -2.12. The summed E-state index contributed by atoms with van der Waals surface area (Å²) in [6.45, 7) is 9.36. The summed E-state index contributed by atoms with van der Waals surface area (Å²) < 4.78 is 14.6. The third kappa shape index (κ3) is 8.66. The van der Waals surface area contributed by atoms with Crippen LogP contribution in [0.2, 0.25) is 0 Å². The maximum Gasteiger partial charge on any atom is 0.341 e. The number of ketones is 2. The quantitative estimate of drug-likeness (QED) is 0.291. The Hall–Kier alpha value is -3.74. The minimum Gasteiger partial charge on any atom is -0.466 e. The van der Waals surface area contributed by atoms with E-state index < -0.39 is 17.7 Å². The number of benzene rings is 1. The molecule has 0 aliphatic heterocycles. The molecule has 0 bridgehead atoms. The highest BCUT2D eigenvalue weighted by Gasteiger charge is 2.13. The number of carbonyl (C=O) groups is 4. The molecule has 0 atom stereocenters. The Kier molecular flexibility index (Phi) is 9.53. The molecule has 0 spiro atoms. The van der Waals surface area contributed by atoms with Gasteiger partial charge < -0.3 is 13.9 Å². The fourth-order valence-corrected chi connectivity index (χ4v) is 1.72. The van der Waals surface area contributed by atoms with E-state index in [1.54, 1.807) is 12.1 Å². The van der Waals surface area contributed by atoms with Gasteiger partial charge in [0.15, 0.2) is 11.6 Å². The zero-order valence-electron chi connectivity index (χ0n) is 16.3. The van der Waals surface area contributed by atoms with Gasteiger partial charge in [0.25, 0.3) is 0 Å². The number of carbonyl (C=O) groups excluding carboxylic acids is 4. The van der Waals surface area contributed by atoms with Crippen LogP contribution in [0.4, 0.5) is 0 Å². The van der Waals surface area contributed by atoms with E-state index in [4.69, 9.17) is 13.9 Å². The number of ether oxygens (including phenoxy) is 2. The SMILES string of the molecule is C=C(C(C)=O)C(=O)OCc1ccccc1.C=C(C(C)=O)C(=O)OCc1ccco1. The smallest absolute Gasteiger partial charge is 0.341 e.